The molecule has 1 aliphatic heterocycles. The summed E-state index contributed by atoms with van der Waals surface area (Å²) in [7, 11) is -2.15. The van der Waals surface area contributed by atoms with Gasteiger partial charge in [-0.15, -0.1) is 0 Å². The van der Waals surface area contributed by atoms with Crippen molar-refractivity contribution in [1.82, 2.24) is 9.88 Å². The van der Waals surface area contributed by atoms with Crippen molar-refractivity contribution in [3.05, 3.63) is 47.2 Å². The molecular weight excluding hydrogens is 438 g/mol. The number of aromatic nitrogens is 1. The summed E-state index contributed by atoms with van der Waals surface area (Å²) in [5, 5.41) is 13.6. The molecule has 2 amide bonds. The van der Waals surface area contributed by atoms with Gasteiger partial charge in [-0.25, -0.2) is 13.4 Å². The van der Waals surface area contributed by atoms with Crippen LogP contribution in [0.25, 0.3) is 0 Å². The first-order valence-electron chi connectivity index (χ1n) is 9.84. The summed E-state index contributed by atoms with van der Waals surface area (Å²) in [5.41, 5.74) is 0.809. The largest absolute Gasteiger partial charge is 0.491 e. The summed E-state index contributed by atoms with van der Waals surface area (Å²) < 4.78 is 35.2. The van der Waals surface area contributed by atoms with Crippen molar-refractivity contribution in [2.24, 2.45) is 0 Å². The molecule has 1 aliphatic rings. The zero-order valence-corrected chi connectivity index (χ0v) is 19.0. The van der Waals surface area contributed by atoms with Crippen LogP contribution in [0.3, 0.4) is 0 Å². The summed E-state index contributed by atoms with van der Waals surface area (Å²) in [6.45, 7) is 3.35. The van der Waals surface area contributed by atoms with Crippen LogP contribution < -0.4 is 14.8 Å². The lowest BCUT2D eigenvalue weighted by Gasteiger charge is -2.30. The van der Waals surface area contributed by atoms with E-state index in [0.717, 1.165) is 11.2 Å². The number of hydrogen-bond donors (Lipinski definition) is 2. The zero-order valence-electron chi connectivity index (χ0n) is 18.2. The quantitative estimate of drug-likeness (QED) is 0.604. The molecule has 10 nitrogen and oxygen atoms in total. The molecule has 0 saturated heterocycles. The van der Waals surface area contributed by atoms with E-state index in [4.69, 9.17) is 9.47 Å². The Bertz CT molecular complexity index is 1150. The molecule has 3 rings (SSSR count). The van der Waals surface area contributed by atoms with Crippen molar-refractivity contribution in [3.8, 4) is 11.6 Å². The summed E-state index contributed by atoms with van der Waals surface area (Å²) in [4.78, 5) is 30.4. The molecule has 2 unspecified atom stereocenters. The number of nitrogens with zero attached hydrogens (tertiary/aromatic N) is 2. The van der Waals surface area contributed by atoms with E-state index in [9.17, 15) is 23.1 Å². The SMILES string of the molecule is CCOc1nc(C(CS(C)(=O)=O)N2C(=O)c3c(NC(C)=O)cccc3C2O)ccc1OC. The number of amides is 2. The smallest absolute Gasteiger partial charge is 0.259 e. The number of anilines is 1. The van der Waals surface area contributed by atoms with Crippen LogP contribution in [0, 0.1) is 0 Å². The number of rotatable bonds is 8. The minimum absolute atomic E-state index is 0.104. The minimum Gasteiger partial charge on any atom is -0.491 e. The molecule has 32 heavy (non-hydrogen) atoms. The van der Waals surface area contributed by atoms with Crippen LogP contribution >= 0.6 is 0 Å². The topological polar surface area (TPSA) is 135 Å². The molecule has 11 heteroatoms. The number of pyridine rings is 1. The van der Waals surface area contributed by atoms with Crippen molar-refractivity contribution in [3.63, 3.8) is 0 Å². The van der Waals surface area contributed by atoms with Gasteiger partial charge in [0.1, 0.15) is 9.84 Å². The Hall–Kier alpha value is -3.18. The van der Waals surface area contributed by atoms with Gasteiger partial charge in [0, 0.05) is 18.7 Å². The molecule has 2 aromatic rings. The van der Waals surface area contributed by atoms with Gasteiger partial charge in [-0.2, -0.15) is 0 Å². The third kappa shape index (κ3) is 4.68. The van der Waals surface area contributed by atoms with Gasteiger partial charge in [0.25, 0.3) is 11.8 Å². The summed E-state index contributed by atoms with van der Waals surface area (Å²) in [5.74, 6) is -1.00. The number of carbonyl (C=O) groups excluding carboxylic acids is 2. The lowest BCUT2D eigenvalue weighted by Crippen LogP contribution is -2.37. The second kappa shape index (κ2) is 9.13. The van der Waals surface area contributed by atoms with E-state index in [0.29, 0.717) is 12.4 Å². The fraction of sp³-hybridized carbons (Fsp3) is 0.381. The maximum Gasteiger partial charge on any atom is 0.259 e. The van der Waals surface area contributed by atoms with Crippen LogP contribution in [0.2, 0.25) is 0 Å². The molecule has 1 aromatic heterocycles. The summed E-state index contributed by atoms with van der Waals surface area (Å²) in [6.07, 6.45) is -0.395. The van der Waals surface area contributed by atoms with Gasteiger partial charge in [0.05, 0.1) is 42.5 Å². The maximum atomic E-state index is 13.4. The van der Waals surface area contributed by atoms with Gasteiger partial charge in [0.2, 0.25) is 5.91 Å². The van der Waals surface area contributed by atoms with Crippen molar-refractivity contribution in [1.29, 1.82) is 0 Å². The number of nitrogens with one attached hydrogen (secondary N) is 1. The molecule has 2 heterocycles. The van der Waals surface area contributed by atoms with Crippen molar-refractivity contribution < 1.29 is 32.6 Å². The molecule has 1 aromatic carbocycles. The van der Waals surface area contributed by atoms with E-state index in [1.165, 1.54) is 20.1 Å². The first-order chi connectivity index (χ1) is 15.1. The molecule has 172 valence electrons. The second-order valence-electron chi connectivity index (χ2n) is 7.32. The average Bonchev–Trinajstić information content (AvgIpc) is 2.96. The van der Waals surface area contributed by atoms with Gasteiger partial charge >= 0.3 is 0 Å². The number of aliphatic hydroxyl groups excluding tert-OH is 1. The lowest BCUT2D eigenvalue weighted by molar-refractivity contribution is -0.114. The highest BCUT2D eigenvalue weighted by atomic mass is 32.2. The number of hydrogen-bond acceptors (Lipinski definition) is 8. The van der Waals surface area contributed by atoms with Gasteiger partial charge in [-0.3, -0.25) is 14.5 Å². The fourth-order valence-electron chi connectivity index (χ4n) is 3.64. The highest BCUT2D eigenvalue weighted by molar-refractivity contribution is 7.90. The van der Waals surface area contributed by atoms with Gasteiger partial charge < -0.3 is 19.9 Å². The van der Waals surface area contributed by atoms with Crippen LogP contribution in [0.1, 0.15) is 47.7 Å². The van der Waals surface area contributed by atoms with Crippen LogP contribution in [0.4, 0.5) is 5.69 Å². The summed E-state index contributed by atoms with van der Waals surface area (Å²) >= 11 is 0. The van der Waals surface area contributed by atoms with Crippen molar-refractivity contribution >= 4 is 27.3 Å². The number of fused-ring (bicyclic) bond motifs is 1. The predicted molar refractivity (Wildman–Crippen MR) is 116 cm³/mol. The van der Waals surface area contributed by atoms with E-state index in [1.54, 1.807) is 31.2 Å². The summed E-state index contributed by atoms with van der Waals surface area (Å²) in [6, 6.07) is 6.65. The van der Waals surface area contributed by atoms with Gasteiger partial charge in [-0.1, -0.05) is 12.1 Å². The molecule has 2 N–H and O–H groups in total. The van der Waals surface area contributed by atoms with E-state index < -0.39 is 33.8 Å². The molecule has 2 atom stereocenters. The van der Waals surface area contributed by atoms with Crippen LogP contribution in [-0.4, -0.2) is 60.9 Å². The maximum absolute atomic E-state index is 13.4. The highest BCUT2D eigenvalue weighted by Gasteiger charge is 2.43. The number of methoxy groups -OCH3 is 1. The van der Waals surface area contributed by atoms with Crippen LogP contribution in [0.5, 0.6) is 11.6 Å². The normalized spacial score (nSPS) is 16.5. The van der Waals surface area contributed by atoms with Crippen LogP contribution in [0.15, 0.2) is 30.3 Å². The molecule has 0 fully saturated rings. The molecule has 0 saturated carbocycles. The van der Waals surface area contributed by atoms with Crippen molar-refractivity contribution in [2.75, 3.05) is 31.0 Å². The number of carbonyl (C=O) groups is 2. The Morgan fingerprint density at radius 3 is 2.62 bits per heavy atom. The van der Waals surface area contributed by atoms with E-state index in [1.807, 2.05) is 0 Å². The number of aliphatic hydroxyl groups is 1. The third-order valence-corrected chi connectivity index (χ3v) is 5.80. The first-order valence-corrected chi connectivity index (χ1v) is 11.9. The standard InChI is InChI=1S/C21H25N3O7S/c1-5-31-19-17(30-3)10-9-14(23-19)16(11-32(4,28)29)24-20(26)13-7-6-8-15(22-12(2)25)18(13)21(24)27/h6-10,16,20,26H,5,11H2,1-4H3,(H,22,25). The molecule has 0 aliphatic carbocycles. The number of sulfone groups is 1. The Morgan fingerprint density at radius 1 is 1.31 bits per heavy atom. The molecular formula is C21H25N3O7S. The Balaban J connectivity index is 2.12. The van der Waals surface area contributed by atoms with Crippen molar-refractivity contribution in [2.45, 2.75) is 26.1 Å². The van der Waals surface area contributed by atoms with E-state index >= 15 is 0 Å². The van der Waals surface area contributed by atoms with E-state index in [2.05, 4.69) is 10.3 Å². The minimum atomic E-state index is -3.60. The highest BCUT2D eigenvalue weighted by Crippen LogP contribution is 2.42. The van der Waals surface area contributed by atoms with Gasteiger partial charge in [-0.05, 0) is 25.1 Å². The number of benzene rings is 1. The molecule has 0 radical (unpaired) electrons. The Kier molecular flexibility index (Phi) is 6.70. The second-order valence-corrected chi connectivity index (χ2v) is 9.51. The molecule has 0 spiro atoms. The zero-order chi connectivity index (χ0) is 23.6. The fourth-order valence-corrected chi connectivity index (χ4v) is 4.54. The average molecular weight is 464 g/mol. The Labute approximate surface area is 186 Å². The first kappa shape index (κ1) is 23.5. The Morgan fingerprint density at radius 2 is 2.03 bits per heavy atom. The molecule has 0 bridgehead atoms. The number of ether oxygens (including phenoxy) is 2. The van der Waals surface area contributed by atoms with Crippen LogP contribution in [-0.2, 0) is 14.6 Å². The third-order valence-electron chi connectivity index (χ3n) is 4.88. The monoisotopic (exact) mass is 463 g/mol. The van der Waals surface area contributed by atoms with Gasteiger partial charge in [0.15, 0.2) is 12.0 Å². The van der Waals surface area contributed by atoms with E-state index in [-0.39, 0.29) is 34.3 Å². The lowest BCUT2D eigenvalue weighted by atomic mass is 10.1. The predicted octanol–water partition coefficient (Wildman–Crippen LogP) is 1.68.